The van der Waals surface area contributed by atoms with Crippen LogP contribution in [0.15, 0.2) is 158 Å². The molecular formula is C44H30N2. The fourth-order valence-corrected chi connectivity index (χ4v) is 8.07. The van der Waals surface area contributed by atoms with Gasteiger partial charge in [0.1, 0.15) is 0 Å². The lowest BCUT2D eigenvalue weighted by atomic mass is 9.92. The second-order valence-electron chi connectivity index (χ2n) is 12.5. The molecule has 0 radical (unpaired) electrons. The second kappa shape index (κ2) is 9.82. The Kier molecular flexibility index (Phi) is 5.44. The molecule has 9 aromatic rings. The number of fused-ring (bicyclic) bond motifs is 9. The third-order valence-corrected chi connectivity index (χ3v) is 10.0. The van der Waals surface area contributed by atoms with Crippen LogP contribution < -0.4 is 0 Å². The molecule has 1 aliphatic rings. The van der Waals surface area contributed by atoms with Crippen LogP contribution in [-0.2, 0) is 0 Å². The number of allylic oxidation sites excluding steroid dienone is 1. The number of rotatable bonds is 3. The lowest BCUT2D eigenvalue weighted by molar-refractivity contribution is 0.625. The molecule has 216 valence electrons. The van der Waals surface area contributed by atoms with Crippen LogP contribution in [0.4, 0.5) is 0 Å². The molecule has 2 aromatic heterocycles. The third-order valence-electron chi connectivity index (χ3n) is 10.0. The van der Waals surface area contributed by atoms with E-state index in [2.05, 4.69) is 173 Å². The van der Waals surface area contributed by atoms with Gasteiger partial charge in [-0.2, -0.15) is 0 Å². The van der Waals surface area contributed by atoms with E-state index in [0.717, 1.165) is 6.42 Å². The number of hydrogen-bond acceptors (Lipinski definition) is 0. The summed E-state index contributed by atoms with van der Waals surface area (Å²) in [5.41, 5.74) is 11.4. The summed E-state index contributed by atoms with van der Waals surface area (Å²) in [5, 5.41) is 7.75. The van der Waals surface area contributed by atoms with Gasteiger partial charge >= 0.3 is 0 Å². The Morgan fingerprint density at radius 1 is 0.500 bits per heavy atom. The molecule has 1 atom stereocenters. The summed E-state index contributed by atoms with van der Waals surface area (Å²) in [6.07, 6.45) is 5.59. The molecule has 1 aliphatic carbocycles. The average Bonchev–Trinajstić information content (AvgIpc) is 3.64. The molecule has 0 fully saturated rings. The summed E-state index contributed by atoms with van der Waals surface area (Å²) in [4.78, 5) is 0. The van der Waals surface area contributed by atoms with Crippen molar-refractivity contribution >= 4 is 60.5 Å². The molecule has 10 rings (SSSR count). The van der Waals surface area contributed by atoms with E-state index in [9.17, 15) is 0 Å². The van der Waals surface area contributed by atoms with Crippen molar-refractivity contribution in [3.63, 3.8) is 0 Å². The van der Waals surface area contributed by atoms with E-state index in [-0.39, 0.29) is 6.04 Å². The molecule has 1 unspecified atom stereocenters. The predicted octanol–water partition coefficient (Wildman–Crippen LogP) is 11.7. The van der Waals surface area contributed by atoms with Crippen LogP contribution in [0.25, 0.3) is 77.3 Å². The minimum Gasteiger partial charge on any atom is -0.332 e. The van der Waals surface area contributed by atoms with Crippen LogP contribution in [0.1, 0.15) is 23.6 Å². The van der Waals surface area contributed by atoms with Crippen LogP contribution in [0.2, 0.25) is 0 Å². The van der Waals surface area contributed by atoms with Crippen LogP contribution in [0.5, 0.6) is 0 Å². The highest BCUT2D eigenvalue weighted by molar-refractivity contribution is 6.28. The van der Waals surface area contributed by atoms with Gasteiger partial charge in [-0.05, 0) is 70.3 Å². The molecule has 46 heavy (non-hydrogen) atoms. The largest absolute Gasteiger partial charge is 0.332 e. The van der Waals surface area contributed by atoms with E-state index in [0.29, 0.717) is 0 Å². The van der Waals surface area contributed by atoms with E-state index in [1.54, 1.807) is 0 Å². The fourth-order valence-electron chi connectivity index (χ4n) is 8.07. The molecule has 0 bridgehead atoms. The molecule has 0 saturated carbocycles. The first-order valence-electron chi connectivity index (χ1n) is 16.1. The molecule has 2 nitrogen and oxygen atoms in total. The van der Waals surface area contributed by atoms with Gasteiger partial charge < -0.3 is 9.13 Å². The van der Waals surface area contributed by atoms with Gasteiger partial charge in [0.05, 0.1) is 28.3 Å². The van der Waals surface area contributed by atoms with Crippen LogP contribution in [0, 0.1) is 0 Å². The van der Waals surface area contributed by atoms with Gasteiger partial charge in [-0.15, -0.1) is 0 Å². The molecule has 0 amide bonds. The number of hydrogen-bond donors (Lipinski definition) is 0. The van der Waals surface area contributed by atoms with Crippen LogP contribution in [0.3, 0.4) is 0 Å². The summed E-state index contributed by atoms with van der Waals surface area (Å²) >= 11 is 0. The van der Waals surface area contributed by atoms with Crippen LogP contribution in [-0.4, -0.2) is 9.13 Å². The fraction of sp³-hybridized carbons (Fsp3) is 0.0455. The van der Waals surface area contributed by atoms with Gasteiger partial charge in [0.25, 0.3) is 0 Å². The summed E-state index contributed by atoms with van der Waals surface area (Å²) in [6, 6.07) is 56.0. The average molecular weight is 587 g/mol. The minimum absolute atomic E-state index is 0.239. The normalized spacial score (nSPS) is 14.6. The molecule has 2 heterocycles. The smallest absolute Gasteiger partial charge is 0.0632 e. The van der Waals surface area contributed by atoms with Gasteiger partial charge in [0.2, 0.25) is 0 Å². The Balaban J connectivity index is 1.30. The highest BCUT2D eigenvalue weighted by atomic mass is 15.0. The molecule has 0 aliphatic heterocycles. The van der Waals surface area contributed by atoms with E-state index in [1.807, 2.05) is 0 Å². The first-order valence-corrected chi connectivity index (χ1v) is 16.1. The predicted molar refractivity (Wildman–Crippen MR) is 195 cm³/mol. The van der Waals surface area contributed by atoms with Gasteiger partial charge in [-0.3, -0.25) is 0 Å². The van der Waals surface area contributed by atoms with Crippen molar-refractivity contribution in [2.75, 3.05) is 0 Å². The molecule has 0 N–H and O–H groups in total. The van der Waals surface area contributed by atoms with Gasteiger partial charge in [0.15, 0.2) is 0 Å². The second-order valence-corrected chi connectivity index (χ2v) is 12.5. The van der Waals surface area contributed by atoms with E-state index in [1.165, 1.54) is 82.3 Å². The van der Waals surface area contributed by atoms with Crippen molar-refractivity contribution in [3.8, 4) is 16.8 Å². The maximum Gasteiger partial charge on any atom is 0.0632 e. The molecule has 7 aromatic carbocycles. The summed E-state index contributed by atoms with van der Waals surface area (Å²) in [7, 11) is 0. The topological polar surface area (TPSA) is 9.86 Å². The van der Waals surface area contributed by atoms with Crippen molar-refractivity contribution < 1.29 is 0 Å². The molecule has 2 heteroatoms. The quantitative estimate of drug-likeness (QED) is 0.195. The highest BCUT2D eigenvalue weighted by Gasteiger charge is 2.26. The maximum atomic E-state index is 2.60. The Hall–Kier alpha value is -5.86. The zero-order chi connectivity index (χ0) is 30.2. The molecular weight excluding hydrogens is 556 g/mol. The number of para-hydroxylation sites is 3. The van der Waals surface area contributed by atoms with E-state index in [4.69, 9.17) is 0 Å². The monoisotopic (exact) mass is 586 g/mol. The van der Waals surface area contributed by atoms with Gasteiger partial charge in [-0.25, -0.2) is 0 Å². The number of nitrogens with zero attached hydrogens (tertiary/aromatic N) is 2. The lowest BCUT2D eigenvalue weighted by Gasteiger charge is -2.25. The standard InChI is InChI=1S/C44H30N2/c1-2-14-31-28-32(25-24-29(31)12-1)34-17-5-8-20-37(34)45-39-21-9-6-18-35(39)43-41(45)26-27-42-44(43)36-19-7-10-22-40(36)46(42)38-23-11-15-30-13-3-4-16-33(30)38/h1-22,24-28,38H,23H2. The first-order chi connectivity index (χ1) is 22.8. The van der Waals surface area contributed by atoms with Crippen LogP contribution >= 0.6 is 0 Å². The number of benzene rings is 7. The third kappa shape index (κ3) is 3.59. The minimum atomic E-state index is 0.239. The lowest BCUT2D eigenvalue weighted by Crippen LogP contribution is -2.13. The summed E-state index contributed by atoms with van der Waals surface area (Å²) in [6.45, 7) is 0. The summed E-state index contributed by atoms with van der Waals surface area (Å²) < 4.78 is 5.08. The van der Waals surface area contributed by atoms with E-state index < -0.39 is 0 Å². The highest BCUT2D eigenvalue weighted by Crippen LogP contribution is 2.45. The molecule has 0 saturated heterocycles. The summed E-state index contributed by atoms with van der Waals surface area (Å²) in [5.74, 6) is 0. The Bertz CT molecular complexity index is 2680. The van der Waals surface area contributed by atoms with Crippen molar-refractivity contribution in [2.45, 2.75) is 12.5 Å². The Morgan fingerprint density at radius 2 is 1.17 bits per heavy atom. The van der Waals surface area contributed by atoms with Crippen molar-refractivity contribution in [1.82, 2.24) is 9.13 Å². The zero-order valence-corrected chi connectivity index (χ0v) is 25.3. The van der Waals surface area contributed by atoms with Crippen molar-refractivity contribution in [3.05, 3.63) is 169 Å². The van der Waals surface area contributed by atoms with Crippen molar-refractivity contribution in [2.24, 2.45) is 0 Å². The Morgan fingerprint density at radius 3 is 2.09 bits per heavy atom. The number of aromatic nitrogens is 2. The zero-order valence-electron chi connectivity index (χ0n) is 25.3. The van der Waals surface area contributed by atoms with E-state index >= 15 is 0 Å². The van der Waals surface area contributed by atoms with Gasteiger partial charge in [0, 0.05) is 32.6 Å². The van der Waals surface area contributed by atoms with Gasteiger partial charge in [-0.1, -0.05) is 127 Å². The maximum absolute atomic E-state index is 2.60. The molecule has 0 spiro atoms. The van der Waals surface area contributed by atoms with Crippen molar-refractivity contribution in [1.29, 1.82) is 0 Å². The first kappa shape index (κ1) is 25.5. The Labute approximate surface area is 267 Å². The SMILES string of the molecule is C1=Cc2ccccc2C(n2c3ccccc3c3c4c5ccccc5n(-c5ccccc5-c5ccc6ccccc6c5)c4ccc32)C1.